The lowest BCUT2D eigenvalue weighted by atomic mass is 10.1. The third kappa shape index (κ3) is 4.44. The average Bonchev–Trinajstić information content (AvgIpc) is 2.59. The quantitative estimate of drug-likeness (QED) is 0.738. The molecule has 1 unspecified atom stereocenters. The van der Waals surface area contributed by atoms with Crippen LogP contribution in [-0.2, 0) is 27.8 Å². The molecule has 1 atom stereocenters. The number of aryl methyl sites for hydroxylation is 1. The molecule has 2 rings (SSSR count). The number of carbonyl (C=O) groups excluding carboxylic acids is 3. The number of urea groups is 1. The molecule has 0 fully saturated rings. The molecule has 138 valence electrons. The number of imide groups is 1. The minimum absolute atomic E-state index is 0.215. The largest absolute Gasteiger partial charge is 0.452 e. The van der Waals surface area contributed by atoms with E-state index in [1.807, 2.05) is 0 Å². The predicted molar refractivity (Wildman–Crippen MR) is 93.5 cm³/mol. The highest BCUT2D eigenvalue weighted by Gasteiger charge is 2.21. The van der Waals surface area contributed by atoms with Crippen LogP contribution < -0.4 is 16.2 Å². The van der Waals surface area contributed by atoms with Gasteiger partial charge >= 0.3 is 12.0 Å². The monoisotopic (exact) mass is 360 g/mol. The van der Waals surface area contributed by atoms with Crippen molar-refractivity contribution in [3.05, 3.63) is 40.3 Å². The van der Waals surface area contributed by atoms with Gasteiger partial charge in [0.15, 0.2) is 6.10 Å². The summed E-state index contributed by atoms with van der Waals surface area (Å²) in [5, 5.41) is 9.56. The summed E-state index contributed by atoms with van der Waals surface area (Å²) in [4.78, 5) is 47.4. The summed E-state index contributed by atoms with van der Waals surface area (Å²) in [5.41, 5.74) is 0.0939. The van der Waals surface area contributed by atoms with Crippen molar-refractivity contribution in [1.82, 2.24) is 20.4 Å². The third-order valence-corrected chi connectivity index (χ3v) is 3.60. The zero-order chi connectivity index (χ0) is 19.3. The summed E-state index contributed by atoms with van der Waals surface area (Å²) < 4.78 is 6.20. The molecule has 0 saturated carbocycles. The summed E-state index contributed by atoms with van der Waals surface area (Å²) in [7, 11) is 1.49. The third-order valence-electron chi connectivity index (χ3n) is 3.60. The van der Waals surface area contributed by atoms with Crippen LogP contribution in [0.5, 0.6) is 0 Å². The van der Waals surface area contributed by atoms with E-state index in [0.717, 1.165) is 4.68 Å². The number of fused-ring (bicyclic) bond motifs is 1. The first-order chi connectivity index (χ1) is 12.3. The first-order valence-corrected chi connectivity index (χ1v) is 8.06. The van der Waals surface area contributed by atoms with Gasteiger partial charge in [-0.1, -0.05) is 18.2 Å². The fraction of sp³-hybridized carbons (Fsp3) is 0.353. The van der Waals surface area contributed by atoms with E-state index in [-0.39, 0.29) is 12.0 Å². The van der Waals surface area contributed by atoms with Gasteiger partial charge in [-0.15, -0.1) is 0 Å². The van der Waals surface area contributed by atoms with Gasteiger partial charge in [-0.2, -0.15) is 5.10 Å². The number of rotatable bonds is 5. The van der Waals surface area contributed by atoms with Crippen molar-refractivity contribution in [2.45, 2.75) is 26.4 Å². The number of nitrogens with zero attached hydrogens (tertiary/aromatic N) is 2. The highest BCUT2D eigenvalue weighted by molar-refractivity contribution is 5.97. The van der Waals surface area contributed by atoms with Crippen molar-refractivity contribution in [1.29, 1.82) is 0 Å². The first kappa shape index (κ1) is 19.1. The topological polar surface area (TPSA) is 119 Å². The van der Waals surface area contributed by atoms with Crippen LogP contribution in [0.15, 0.2) is 29.1 Å². The zero-order valence-electron chi connectivity index (χ0n) is 14.7. The Morgan fingerprint density at radius 3 is 2.54 bits per heavy atom. The molecule has 1 aromatic carbocycles. The summed E-state index contributed by atoms with van der Waals surface area (Å²) in [6, 6.07) is 6.14. The van der Waals surface area contributed by atoms with Gasteiger partial charge in [-0.25, -0.2) is 9.48 Å². The van der Waals surface area contributed by atoms with Gasteiger partial charge in [0.2, 0.25) is 0 Å². The number of hydrogen-bond donors (Lipinski definition) is 2. The molecule has 0 bridgehead atoms. The second-order valence-corrected chi connectivity index (χ2v) is 5.58. The van der Waals surface area contributed by atoms with Gasteiger partial charge in [0.25, 0.3) is 11.5 Å². The SMILES string of the molecule is CCNC(=O)NC(=O)C(C)OC(=O)Cc1nn(C)c(=O)c2ccccc12. The molecule has 1 heterocycles. The van der Waals surface area contributed by atoms with Crippen LogP contribution in [0.3, 0.4) is 0 Å². The summed E-state index contributed by atoms with van der Waals surface area (Å²) >= 11 is 0. The number of esters is 1. The number of carbonyl (C=O) groups is 3. The van der Waals surface area contributed by atoms with E-state index < -0.39 is 24.0 Å². The van der Waals surface area contributed by atoms with E-state index in [1.54, 1.807) is 31.2 Å². The summed E-state index contributed by atoms with van der Waals surface area (Å²) in [6.07, 6.45) is -1.36. The maximum absolute atomic E-state index is 12.1. The fourth-order valence-electron chi connectivity index (χ4n) is 2.35. The molecule has 9 heteroatoms. The maximum atomic E-state index is 12.1. The van der Waals surface area contributed by atoms with Crippen LogP contribution in [0.4, 0.5) is 4.79 Å². The highest BCUT2D eigenvalue weighted by Crippen LogP contribution is 2.14. The Kier molecular flexibility index (Phi) is 6.05. The van der Waals surface area contributed by atoms with Crippen LogP contribution in [0.25, 0.3) is 10.8 Å². The molecule has 0 spiro atoms. The van der Waals surface area contributed by atoms with E-state index >= 15 is 0 Å². The number of nitrogens with one attached hydrogen (secondary N) is 2. The number of ether oxygens (including phenoxy) is 1. The normalized spacial score (nSPS) is 11.7. The molecule has 0 saturated heterocycles. The van der Waals surface area contributed by atoms with E-state index in [2.05, 4.69) is 15.7 Å². The summed E-state index contributed by atoms with van der Waals surface area (Å²) in [5.74, 6) is -1.43. The van der Waals surface area contributed by atoms with E-state index in [4.69, 9.17) is 4.74 Å². The molecule has 9 nitrogen and oxygen atoms in total. The molecular formula is C17H20N4O5. The van der Waals surface area contributed by atoms with E-state index in [0.29, 0.717) is 23.0 Å². The molecule has 2 N–H and O–H groups in total. The van der Waals surface area contributed by atoms with Crippen LogP contribution >= 0.6 is 0 Å². The Morgan fingerprint density at radius 1 is 1.23 bits per heavy atom. The van der Waals surface area contributed by atoms with Gasteiger partial charge in [0.05, 0.1) is 17.5 Å². The van der Waals surface area contributed by atoms with Crippen LogP contribution in [0.2, 0.25) is 0 Å². The van der Waals surface area contributed by atoms with Crippen molar-refractivity contribution in [2.24, 2.45) is 7.05 Å². The maximum Gasteiger partial charge on any atom is 0.321 e. The summed E-state index contributed by atoms with van der Waals surface area (Å²) in [6.45, 7) is 3.43. The Balaban J connectivity index is 2.10. The lowest BCUT2D eigenvalue weighted by molar-refractivity contribution is -0.153. The molecule has 0 aliphatic carbocycles. The molecule has 26 heavy (non-hydrogen) atoms. The lowest BCUT2D eigenvalue weighted by Crippen LogP contribution is -2.44. The van der Waals surface area contributed by atoms with Gasteiger partial charge < -0.3 is 10.1 Å². The second kappa shape index (κ2) is 8.24. The molecule has 0 aliphatic rings. The van der Waals surface area contributed by atoms with Gasteiger partial charge in [-0.3, -0.25) is 19.7 Å². The number of hydrogen-bond acceptors (Lipinski definition) is 6. The van der Waals surface area contributed by atoms with Crippen molar-refractivity contribution in [3.8, 4) is 0 Å². The predicted octanol–water partition coefficient (Wildman–Crippen LogP) is 0.253. The molecular weight excluding hydrogens is 340 g/mol. The Bertz CT molecular complexity index is 906. The van der Waals surface area contributed by atoms with Crippen molar-refractivity contribution < 1.29 is 19.1 Å². The van der Waals surface area contributed by atoms with Crippen LogP contribution in [0.1, 0.15) is 19.5 Å². The minimum Gasteiger partial charge on any atom is -0.452 e. The smallest absolute Gasteiger partial charge is 0.321 e. The molecule has 3 amide bonds. The molecule has 1 aromatic heterocycles. The average molecular weight is 360 g/mol. The number of amides is 3. The number of benzene rings is 1. The van der Waals surface area contributed by atoms with Crippen molar-refractivity contribution >= 4 is 28.7 Å². The second-order valence-electron chi connectivity index (χ2n) is 5.58. The lowest BCUT2D eigenvalue weighted by Gasteiger charge is -2.13. The molecule has 2 aromatic rings. The van der Waals surface area contributed by atoms with E-state index in [9.17, 15) is 19.2 Å². The van der Waals surface area contributed by atoms with Crippen molar-refractivity contribution in [3.63, 3.8) is 0 Å². The van der Waals surface area contributed by atoms with Gasteiger partial charge in [-0.05, 0) is 19.9 Å². The van der Waals surface area contributed by atoms with Crippen LogP contribution in [0, 0.1) is 0 Å². The standard InChI is InChI=1S/C17H20N4O5/c1-4-18-17(25)19-15(23)10(2)26-14(22)9-13-11-7-5-6-8-12(11)16(24)21(3)20-13/h5-8,10H,4,9H2,1-3H3,(H2,18,19,23,25). The Labute approximate surface area is 149 Å². The Morgan fingerprint density at radius 2 is 1.88 bits per heavy atom. The zero-order valence-corrected chi connectivity index (χ0v) is 14.7. The molecule has 0 radical (unpaired) electrons. The van der Waals surface area contributed by atoms with Crippen LogP contribution in [-0.4, -0.2) is 40.3 Å². The van der Waals surface area contributed by atoms with Gasteiger partial charge in [0.1, 0.15) is 0 Å². The van der Waals surface area contributed by atoms with E-state index in [1.165, 1.54) is 14.0 Å². The highest BCUT2D eigenvalue weighted by atomic mass is 16.5. The minimum atomic E-state index is -1.15. The van der Waals surface area contributed by atoms with Crippen molar-refractivity contribution in [2.75, 3.05) is 6.54 Å². The fourth-order valence-corrected chi connectivity index (χ4v) is 2.35. The number of aromatic nitrogens is 2. The molecule has 0 aliphatic heterocycles. The Hall–Kier alpha value is -3.23. The first-order valence-electron chi connectivity index (χ1n) is 8.06. The van der Waals surface area contributed by atoms with Gasteiger partial charge in [0, 0.05) is 19.0 Å².